The van der Waals surface area contributed by atoms with Gasteiger partial charge >= 0.3 is 0 Å². The fourth-order valence-corrected chi connectivity index (χ4v) is 4.72. The normalized spacial score (nSPS) is 16.5. The molecule has 3 N–H and O–H groups in total. The highest BCUT2D eigenvalue weighted by Crippen LogP contribution is 2.35. The van der Waals surface area contributed by atoms with Crippen molar-refractivity contribution in [2.75, 3.05) is 26.4 Å². The summed E-state index contributed by atoms with van der Waals surface area (Å²) in [6.07, 6.45) is 1.14. The second-order valence-corrected chi connectivity index (χ2v) is 8.06. The van der Waals surface area contributed by atoms with Gasteiger partial charge in [-0.15, -0.1) is 0 Å². The molecule has 1 aromatic carbocycles. The molecule has 2 amide bonds. The summed E-state index contributed by atoms with van der Waals surface area (Å²) < 4.78 is 35.0. The van der Waals surface area contributed by atoms with Crippen LogP contribution in [0.1, 0.15) is 19.3 Å². The van der Waals surface area contributed by atoms with E-state index in [0.717, 1.165) is 0 Å². The van der Waals surface area contributed by atoms with Crippen LogP contribution in [0.5, 0.6) is 5.75 Å². The molecule has 9 nitrogen and oxygen atoms in total. The third kappa shape index (κ3) is 4.14. The standard InChI is InChI=1S/C16H22N2O7S/c19-12-17-8-1-9-25-13-2-4-14(5-3-13)26(22,23)16(15(20)18-21)6-10-24-11-7-16/h2-5,12,21H,1,6-11H2,(H,17,19)(H,18,20). The molecule has 26 heavy (non-hydrogen) atoms. The van der Waals surface area contributed by atoms with Gasteiger partial charge in [-0.2, -0.15) is 0 Å². The first kappa shape index (κ1) is 20.1. The van der Waals surface area contributed by atoms with Crippen LogP contribution in [0.2, 0.25) is 0 Å². The SMILES string of the molecule is O=CNCCCOc1ccc(S(=O)(=O)C2(C(=O)NO)CCOCC2)cc1. The van der Waals surface area contributed by atoms with Crippen LogP contribution >= 0.6 is 0 Å². The molecule has 0 spiro atoms. The molecule has 1 fully saturated rings. The van der Waals surface area contributed by atoms with Crippen molar-refractivity contribution in [1.82, 2.24) is 10.8 Å². The fraction of sp³-hybridized carbons (Fsp3) is 0.500. The van der Waals surface area contributed by atoms with Crippen LogP contribution in [0.3, 0.4) is 0 Å². The summed E-state index contributed by atoms with van der Waals surface area (Å²) >= 11 is 0. The molecule has 10 heteroatoms. The van der Waals surface area contributed by atoms with E-state index in [1.807, 2.05) is 0 Å². The van der Waals surface area contributed by atoms with Gasteiger partial charge in [0, 0.05) is 19.8 Å². The van der Waals surface area contributed by atoms with Crippen molar-refractivity contribution in [3.63, 3.8) is 0 Å². The molecule has 0 radical (unpaired) electrons. The molecule has 0 bridgehead atoms. The number of hydrogen-bond donors (Lipinski definition) is 3. The predicted octanol–water partition coefficient (Wildman–Crippen LogP) is 0.0298. The average molecular weight is 386 g/mol. The number of hydroxylamine groups is 1. The molecule has 1 aliphatic heterocycles. The molecule has 1 saturated heterocycles. The monoisotopic (exact) mass is 386 g/mol. The van der Waals surface area contributed by atoms with E-state index in [-0.39, 0.29) is 31.0 Å². The first-order chi connectivity index (χ1) is 12.5. The molecule has 144 valence electrons. The Morgan fingerprint density at radius 2 is 1.92 bits per heavy atom. The van der Waals surface area contributed by atoms with Crippen molar-refractivity contribution < 1.29 is 32.7 Å². The number of nitrogens with one attached hydrogen (secondary N) is 2. The van der Waals surface area contributed by atoms with Gasteiger partial charge in [-0.1, -0.05) is 0 Å². The smallest absolute Gasteiger partial charge is 0.265 e. The first-order valence-corrected chi connectivity index (χ1v) is 9.63. The third-order valence-corrected chi connectivity index (χ3v) is 6.80. The Morgan fingerprint density at radius 1 is 1.27 bits per heavy atom. The summed E-state index contributed by atoms with van der Waals surface area (Å²) in [7, 11) is -4.04. The van der Waals surface area contributed by atoms with Crippen LogP contribution < -0.4 is 15.5 Å². The van der Waals surface area contributed by atoms with Crippen molar-refractivity contribution in [2.45, 2.75) is 28.9 Å². The van der Waals surface area contributed by atoms with Crippen molar-refractivity contribution in [3.05, 3.63) is 24.3 Å². The van der Waals surface area contributed by atoms with Gasteiger partial charge in [0.2, 0.25) is 6.41 Å². The van der Waals surface area contributed by atoms with Gasteiger partial charge in [0.1, 0.15) is 5.75 Å². The second-order valence-electron chi connectivity index (χ2n) is 5.80. The summed E-state index contributed by atoms with van der Waals surface area (Å²) in [5.41, 5.74) is 1.48. The van der Waals surface area contributed by atoms with Crippen LogP contribution in [0.15, 0.2) is 29.2 Å². The van der Waals surface area contributed by atoms with Crippen molar-refractivity contribution in [3.8, 4) is 5.75 Å². The fourth-order valence-electron chi connectivity index (χ4n) is 2.78. The Kier molecular flexibility index (Phi) is 6.95. The van der Waals surface area contributed by atoms with E-state index < -0.39 is 20.5 Å². The van der Waals surface area contributed by atoms with E-state index in [4.69, 9.17) is 14.7 Å². The maximum atomic E-state index is 13.0. The molecule has 2 rings (SSSR count). The van der Waals surface area contributed by atoms with E-state index in [9.17, 15) is 18.0 Å². The minimum Gasteiger partial charge on any atom is -0.494 e. The average Bonchev–Trinajstić information content (AvgIpc) is 2.68. The van der Waals surface area contributed by atoms with Crippen molar-refractivity contribution in [2.24, 2.45) is 0 Å². The molecule has 0 aromatic heterocycles. The lowest BCUT2D eigenvalue weighted by Gasteiger charge is -2.34. The minimum absolute atomic E-state index is 0.0297. The highest BCUT2D eigenvalue weighted by atomic mass is 32.2. The van der Waals surface area contributed by atoms with E-state index >= 15 is 0 Å². The number of sulfone groups is 1. The molecule has 1 aliphatic rings. The van der Waals surface area contributed by atoms with Crippen molar-refractivity contribution >= 4 is 22.2 Å². The minimum atomic E-state index is -4.04. The van der Waals surface area contributed by atoms with Crippen LogP contribution in [-0.4, -0.2) is 57.1 Å². The van der Waals surface area contributed by atoms with Crippen LogP contribution in [-0.2, 0) is 24.2 Å². The highest BCUT2D eigenvalue weighted by molar-refractivity contribution is 7.93. The lowest BCUT2D eigenvalue weighted by Crippen LogP contribution is -2.54. The number of hydrogen-bond acceptors (Lipinski definition) is 7. The number of carbonyl (C=O) groups is 2. The summed E-state index contributed by atoms with van der Waals surface area (Å²) in [4.78, 5) is 22.3. The van der Waals surface area contributed by atoms with E-state index in [2.05, 4.69) is 5.32 Å². The largest absolute Gasteiger partial charge is 0.494 e. The lowest BCUT2D eigenvalue weighted by atomic mass is 9.98. The summed E-state index contributed by atoms with van der Waals surface area (Å²) in [6, 6.07) is 5.75. The van der Waals surface area contributed by atoms with Gasteiger partial charge in [0.15, 0.2) is 14.6 Å². The zero-order valence-corrected chi connectivity index (χ0v) is 15.0. The second kappa shape index (κ2) is 8.97. The quantitative estimate of drug-likeness (QED) is 0.236. The maximum Gasteiger partial charge on any atom is 0.265 e. The molecule has 0 unspecified atom stereocenters. The number of rotatable bonds is 9. The van der Waals surface area contributed by atoms with Gasteiger partial charge in [0.25, 0.3) is 5.91 Å². The zero-order valence-electron chi connectivity index (χ0n) is 14.1. The summed E-state index contributed by atoms with van der Waals surface area (Å²) in [5.74, 6) is -0.480. The Balaban J connectivity index is 2.14. The van der Waals surface area contributed by atoms with Gasteiger partial charge in [0.05, 0.1) is 11.5 Å². The van der Waals surface area contributed by atoms with E-state index in [1.54, 1.807) is 0 Å². The molecule has 0 atom stereocenters. The Bertz CT molecular complexity index is 713. The Labute approximate surface area is 151 Å². The van der Waals surface area contributed by atoms with Crippen LogP contribution in [0.4, 0.5) is 0 Å². The predicted molar refractivity (Wildman–Crippen MR) is 90.5 cm³/mol. The summed E-state index contributed by atoms with van der Waals surface area (Å²) in [6.45, 7) is 1.07. The van der Waals surface area contributed by atoms with E-state index in [0.29, 0.717) is 31.7 Å². The van der Waals surface area contributed by atoms with E-state index in [1.165, 1.54) is 29.7 Å². The molecule has 1 aromatic rings. The van der Waals surface area contributed by atoms with Crippen LogP contribution in [0.25, 0.3) is 0 Å². The molecule has 1 heterocycles. The first-order valence-electron chi connectivity index (χ1n) is 8.15. The Hall–Kier alpha value is -2.17. The number of amides is 2. The summed E-state index contributed by atoms with van der Waals surface area (Å²) in [5, 5.41) is 11.5. The van der Waals surface area contributed by atoms with Gasteiger partial charge in [-0.05, 0) is 43.5 Å². The third-order valence-electron chi connectivity index (χ3n) is 4.28. The maximum absolute atomic E-state index is 13.0. The van der Waals surface area contributed by atoms with Crippen molar-refractivity contribution in [1.29, 1.82) is 0 Å². The molecule has 0 saturated carbocycles. The van der Waals surface area contributed by atoms with Gasteiger partial charge in [-0.3, -0.25) is 14.8 Å². The Morgan fingerprint density at radius 3 is 2.50 bits per heavy atom. The lowest BCUT2D eigenvalue weighted by molar-refractivity contribution is -0.134. The topological polar surface area (TPSA) is 131 Å². The molecular weight excluding hydrogens is 364 g/mol. The number of ether oxygens (including phenoxy) is 2. The molecule has 0 aliphatic carbocycles. The van der Waals surface area contributed by atoms with Gasteiger partial charge < -0.3 is 14.8 Å². The number of carbonyl (C=O) groups excluding carboxylic acids is 2. The van der Waals surface area contributed by atoms with Gasteiger partial charge in [-0.25, -0.2) is 13.9 Å². The van der Waals surface area contributed by atoms with Crippen LogP contribution in [0, 0.1) is 0 Å². The zero-order chi connectivity index (χ0) is 19.0. The number of benzene rings is 1. The molecular formula is C16H22N2O7S. The highest BCUT2D eigenvalue weighted by Gasteiger charge is 2.52.